The van der Waals surface area contributed by atoms with E-state index in [2.05, 4.69) is 32.9 Å². The normalized spacial score (nSPS) is 37.9. The summed E-state index contributed by atoms with van der Waals surface area (Å²) in [6, 6.07) is 0. The summed E-state index contributed by atoms with van der Waals surface area (Å²) in [5.74, 6) is -4.88. The Bertz CT molecular complexity index is 1680. The van der Waals surface area contributed by atoms with Crippen LogP contribution >= 0.6 is 0 Å². The minimum atomic E-state index is -1.98. The Balaban J connectivity index is 1.44. The van der Waals surface area contributed by atoms with Gasteiger partial charge in [-0.15, -0.1) is 0 Å². The minimum absolute atomic E-state index is 0.141. The topological polar surface area (TPSA) is 130 Å². The zero-order valence-electron chi connectivity index (χ0n) is 31.4. The third kappa shape index (κ3) is 5.95. The van der Waals surface area contributed by atoms with Crippen LogP contribution in [-0.2, 0) is 23.9 Å². The number of aliphatic hydroxyl groups is 3. The number of esters is 2. The molecule has 5 rings (SSSR count). The minimum Gasteiger partial charge on any atom is -0.454 e. The lowest BCUT2D eigenvalue weighted by Gasteiger charge is -2.53. The molecule has 272 valence electrons. The molecule has 0 bridgehead atoms. The zero-order valence-corrected chi connectivity index (χ0v) is 31.4. The van der Waals surface area contributed by atoms with Gasteiger partial charge in [-0.05, 0) is 74.7 Å². The first-order valence-corrected chi connectivity index (χ1v) is 18.0. The highest BCUT2D eigenvalue weighted by Gasteiger charge is 2.87. The maximum absolute atomic E-state index is 13.6. The fourth-order valence-electron chi connectivity index (χ4n) is 10.1. The Morgan fingerprint density at radius 1 is 1.02 bits per heavy atom. The maximum Gasteiger partial charge on any atom is 0.331 e. The lowest BCUT2D eigenvalue weighted by Crippen LogP contribution is -2.66. The number of aliphatic hydroxyl groups excluding tert-OH is 1. The summed E-state index contributed by atoms with van der Waals surface area (Å²) >= 11 is 0. The molecule has 0 aromatic heterocycles. The number of fused-ring (bicyclic) bond motifs is 5. The third-order valence-corrected chi connectivity index (χ3v) is 12.6. The average Bonchev–Trinajstić information content (AvgIpc) is 3.43. The number of ether oxygens (including phenoxy) is 2. The van der Waals surface area contributed by atoms with Crippen LogP contribution in [0.1, 0.15) is 94.9 Å². The standard InChI is InChI=1S/C42H56O8/c1-24(16-17-31-26(3)15-12-18-38(31,7)8)13-11-14-25(2)19-34(45)49-37-28(5)41(48)32(35-39(9,10)42(35,37)50-29(6)44)21-30(23-43)22-40(47)33(41)20-27(4)36(40)46/h11,13-14,16-17,19-21,28,32-33,35,37,43,47-48H,12,15,18,22-23H2,1-10H3/t28-,32+,33-,35-,37-,40-,41-,42-/m1/s1. The van der Waals surface area contributed by atoms with E-state index in [0.717, 1.165) is 12.0 Å². The molecule has 0 amide bonds. The molecule has 50 heavy (non-hydrogen) atoms. The van der Waals surface area contributed by atoms with E-state index in [1.807, 2.05) is 39.0 Å². The van der Waals surface area contributed by atoms with Crippen LogP contribution in [0.25, 0.3) is 0 Å². The summed E-state index contributed by atoms with van der Waals surface area (Å²) in [6.07, 6.45) is 17.0. The van der Waals surface area contributed by atoms with Gasteiger partial charge in [0.05, 0.1) is 12.2 Å². The van der Waals surface area contributed by atoms with Crippen LogP contribution < -0.4 is 0 Å². The van der Waals surface area contributed by atoms with Gasteiger partial charge in [-0.25, -0.2) is 4.79 Å². The highest BCUT2D eigenvalue weighted by molar-refractivity contribution is 6.04. The second-order valence-corrected chi connectivity index (χ2v) is 16.8. The van der Waals surface area contributed by atoms with Gasteiger partial charge >= 0.3 is 11.9 Å². The Labute approximate surface area is 297 Å². The summed E-state index contributed by atoms with van der Waals surface area (Å²) in [4.78, 5) is 39.6. The Hall–Kier alpha value is -3.33. The third-order valence-electron chi connectivity index (χ3n) is 12.6. The van der Waals surface area contributed by atoms with Gasteiger partial charge in [-0.2, -0.15) is 0 Å². The molecule has 2 saturated carbocycles. The second kappa shape index (κ2) is 13.0. The number of rotatable bonds is 8. The van der Waals surface area contributed by atoms with E-state index in [0.29, 0.717) is 16.7 Å². The molecule has 0 aromatic rings. The first-order valence-electron chi connectivity index (χ1n) is 18.0. The Morgan fingerprint density at radius 2 is 1.70 bits per heavy atom. The van der Waals surface area contributed by atoms with E-state index >= 15 is 0 Å². The van der Waals surface area contributed by atoms with Crippen molar-refractivity contribution < 1.29 is 39.2 Å². The van der Waals surface area contributed by atoms with Crippen LogP contribution in [0.4, 0.5) is 0 Å². The number of carbonyl (C=O) groups is 3. The summed E-state index contributed by atoms with van der Waals surface area (Å²) in [6.45, 7) is 18.7. The van der Waals surface area contributed by atoms with Crippen molar-refractivity contribution in [3.05, 3.63) is 82.0 Å². The van der Waals surface area contributed by atoms with Crippen molar-refractivity contribution in [3.8, 4) is 0 Å². The number of ketones is 1. The van der Waals surface area contributed by atoms with E-state index in [-0.39, 0.29) is 11.8 Å². The van der Waals surface area contributed by atoms with E-state index in [4.69, 9.17) is 9.47 Å². The SMILES string of the molecule is CC(=O)O[C@@]12[C@H](OC(=O)C=C(C)C=CC=C(C)C=CC3=C(C)CCCC3(C)C)[C@@H](C)[C@@]3(O)[C@@H](C=C(CO)C[C@]4(O)C(=O)C(C)=C[C@@H]34)[C@@H]1C2(C)C. The highest BCUT2D eigenvalue weighted by Crippen LogP contribution is 2.77. The van der Waals surface area contributed by atoms with Crippen molar-refractivity contribution in [1.82, 2.24) is 0 Å². The van der Waals surface area contributed by atoms with E-state index in [9.17, 15) is 29.7 Å². The zero-order chi connectivity index (χ0) is 37.2. The molecule has 3 N–H and O–H groups in total. The molecule has 0 unspecified atom stereocenters. The molecule has 2 fully saturated rings. The molecule has 0 spiro atoms. The maximum atomic E-state index is 13.6. The quantitative estimate of drug-likeness (QED) is 0.113. The fourth-order valence-corrected chi connectivity index (χ4v) is 10.1. The molecule has 8 atom stereocenters. The molecule has 5 aliphatic rings. The van der Waals surface area contributed by atoms with Gasteiger partial charge in [0, 0.05) is 48.5 Å². The monoisotopic (exact) mass is 688 g/mol. The molecule has 0 radical (unpaired) electrons. The molecule has 8 nitrogen and oxygen atoms in total. The first-order chi connectivity index (χ1) is 23.2. The molecule has 5 aliphatic carbocycles. The van der Waals surface area contributed by atoms with Crippen molar-refractivity contribution in [1.29, 1.82) is 0 Å². The lowest BCUT2D eigenvalue weighted by atomic mass is 9.59. The summed E-state index contributed by atoms with van der Waals surface area (Å²) < 4.78 is 12.3. The van der Waals surface area contributed by atoms with E-state index < -0.39 is 76.3 Å². The van der Waals surface area contributed by atoms with Gasteiger partial charge in [-0.3, -0.25) is 9.59 Å². The molecule has 0 aromatic carbocycles. The largest absolute Gasteiger partial charge is 0.454 e. The van der Waals surface area contributed by atoms with Gasteiger partial charge < -0.3 is 24.8 Å². The fraction of sp³-hybridized carbons (Fsp3) is 0.595. The van der Waals surface area contributed by atoms with Crippen LogP contribution in [0, 0.1) is 34.5 Å². The Morgan fingerprint density at radius 3 is 2.32 bits per heavy atom. The average molecular weight is 689 g/mol. The highest BCUT2D eigenvalue weighted by atomic mass is 16.6. The van der Waals surface area contributed by atoms with Crippen LogP contribution in [0.3, 0.4) is 0 Å². The lowest BCUT2D eigenvalue weighted by molar-refractivity contribution is -0.226. The first kappa shape index (κ1) is 37.9. The van der Waals surface area contributed by atoms with Crippen molar-refractivity contribution in [3.63, 3.8) is 0 Å². The van der Waals surface area contributed by atoms with Gasteiger partial charge in [-0.1, -0.05) is 88.3 Å². The van der Waals surface area contributed by atoms with Crippen molar-refractivity contribution in [2.45, 2.75) is 118 Å². The van der Waals surface area contributed by atoms with Gasteiger partial charge in [0.2, 0.25) is 0 Å². The van der Waals surface area contributed by atoms with Crippen LogP contribution in [0.2, 0.25) is 0 Å². The van der Waals surface area contributed by atoms with Crippen LogP contribution in [0.15, 0.2) is 82.0 Å². The Kier molecular flexibility index (Phi) is 9.87. The van der Waals surface area contributed by atoms with Crippen molar-refractivity contribution in [2.75, 3.05) is 6.61 Å². The molecular weight excluding hydrogens is 632 g/mol. The van der Waals surface area contributed by atoms with E-state index in [1.54, 1.807) is 32.9 Å². The molecular formula is C42H56O8. The van der Waals surface area contributed by atoms with Gasteiger partial charge in [0.15, 0.2) is 11.4 Å². The molecule has 0 saturated heterocycles. The van der Waals surface area contributed by atoms with Crippen molar-refractivity contribution >= 4 is 17.7 Å². The van der Waals surface area contributed by atoms with Gasteiger partial charge in [0.25, 0.3) is 0 Å². The predicted molar refractivity (Wildman–Crippen MR) is 192 cm³/mol. The number of carbonyl (C=O) groups excluding carboxylic acids is 3. The number of hydrogen-bond donors (Lipinski definition) is 3. The smallest absolute Gasteiger partial charge is 0.331 e. The number of allylic oxidation sites excluding steroid dienone is 9. The van der Waals surface area contributed by atoms with Crippen molar-refractivity contribution in [2.24, 2.45) is 34.5 Å². The molecule has 0 aliphatic heterocycles. The van der Waals surface area contributed by atoms with Gasteiger partial charge in [0.1, 0.15) is 11.7 Å². The number of hydrogen-bond acceptors (Lipinski definition) is 8. The van der Waals surface area contributed by atoms with E-state index in [1.165, 1.54) is 37.0 Å². The molecule has 0 heterocycles. The summed E-state index contributed by atoms with van der Waals surface area (Å²) in [7, 11) is 0. The summed E-state index contributed by atoms with van der Waals surface area (Å²) in [5, 5.41) is 35.0. The summed E-state index contributed by atoms with van der Waals surface area (Å²) in [5.41, 5.74) is -0.346. The second-order valence-electron chi connectivity index (χ2n) is 16.8. The molecule has 8 heteroatoms. The van der Waals surface area contributed by atoms with Crippen LogP contribution in [-0.4, -0.2) is 62.6 Å². The predicted octanol–water partition coefficient (Wildman–Crippen LogP) is 6.58. The van der Waals surface area contributed by atoms with Crippen LogP contribution in [0.5, 0.6) is 0 Å². The number of Topliss-reactive ketones (excluding diaryl/α,β-unsaturated/α-hetero) is 1.